The molecule has 0 fully saturated rings. The van der Waals surface area contributed by atoms with Crippen LogP contribution in [0.25, 0.3) is 0 Å². The Kier molecular flexibility index (Phi) is 6.80. The van der Waals surface area contributed by atoms with Crippen molar-refractivity contribution in [2.75, 3.05) is 11.5 Å². The molecule has 0 spiro atoms. The third kappa shape index (κ3) is 8.22. The number of thiocarbonyl (C=S) groups is 1. The molecule has 0 saturated carbocycles. The first kappa shape index (κ1) is 16.5. The first-order chi connectivity index (χ1) is 7.72. The van der Waals surface area contributed by atoms with Gasteiger partial charge in [-0.15, -0.1) is 0 Å². The summed E-state index contributed by atoms with van der Waals surface area (Å²) in [7, 11) is -7.12. The third-order valence-electron chi connectivity index (χ3n) is 1.85. The molecule has 100 valence electrons. The predicted octanol–water partition coefficient (Wildman–Crippen LogP) is 0.422. The topological polar surface area (TPSA) is 94.6 Å². The standard InChI is InChI=1S/C8H14O6S3/c1-2-16(10,11)6-4-3-5-8(9)14-17(12,13)7-15/h7H,2-6H2,1H3. The summed E-state index contributed by atoms with van der Waals surface area (Å²) in [5.41, 5.74) is 0. The van der Waals surface area contributed by atoms with E-state index in [1.807, 2.05) is 0 Å². The molecule has 0 N–H and O–H groups in total. The highest BCUT2D eigenvalue weighted by Crippen LogP contribution is 2.03. The van der Waals surface area contributed by atoms with Crippen molar-refractivity contribution in [2.45, 2.75) is 26.2 Å². The highest BCUT2D eigenvalue weighted by molar-refractivity contribution is 8.12. The average molecular weight is 302 g/mol. The van der Waals surface area contributed by atoms with Gasteiger partial charge in [-0.25, -0.2) is 8.42 Å². The van der Waals surface area contributed by atoms with Crippen molar-refractivity contribution < 1.29 is 25.8 Å². The van der Waals surface area contributed by atoms with Gasteiger partial charge >= 0.3 is 16.1 Å². The lowest BCUT2D eigenvalue weighted by Gasteiger charge is -2.02. The van der Waals surface area contributed by atoms with Crippen LogP contribution in [0, 0.1) is 0 Å². The van der Waals surface area contributed by atoms with E-state index in [2.05, 4.69) is 16.4 Å². The van der Waals surface area contributed by atoms with Crippen LogP contribution in [0.3, 0.4) is 0 Å². The van der Waals surface area contributed by atoms with Crippen LogP contribution in [-0.4, -0.2) is 39.0 Å². The normalized spacial score (nSPS) is 12.1. The molecule has 0 unspecified atom stereocenters. The van der Waals surface area contributed by atoms with Crippen molar-refractivity contribution in [3.05, 3.63) is 0 Å². The Morgan fingerprint density at radius 1 is 1.24 bits per heavy atom. The molecule has 0 atom stereocenters. The van der Waals surface area contributed by atoms with Crippen LogP contribution in [0.5, 0.6) is 0 Å². The second-order valence-electron chi connectivity index (χ2n) is 3.24. The number of hydrogen-bond donors (Lipinski definition) is 0. The highest BCUT2D eigenvalue weighted by atomic mass is 32.2. The largest absolute Gasteiger partial charge is 0.345 e. The van der Waals surface area contributed by atoms with Gasteiger partial charge in [0, 0.05) is 12.2 Å². The minimum Gasteiger partial charge on any atom is -0.342 e. The Morgan fingerprint density at radius 3 is 2.29 bits per heavy atom. The fourth-order valence-corrected chi connectivity index (χ4v) is 2.36. The minimum absolute atomic E-state index is 0.0172. The predicted molar refractivity (Wildman–Crippen MR) is 66.8 cm³/mol. The molecule has 0 amide bonds. The molecule has 0 aliphatic heterocycles. The van der Waals surface area contributed by atoms with Crippen LogP contribution in [0.15, 0.2) is 0 Å². The molecule has 0 aromatic carbocycles. The van der Waals surface area contributed by atoms with Crippen LogP contribution in [0.4, 0.5) is 0 Å². The van der Waals surface area contributed by atoms with E-state index in [9.17, 15) is 21.6 Å². The molecule has 0 bridgehead atoms. The van der Waals surface area contributed by atoms with Crippen LogP contribution in [0.2, 0.25) is 0 Å². The number of rotatable bonds is 8. The van der Waals surface area contributed by atoms with Gasteiger partial charge in [0.1, 0.15) is 14.5 Å². The number of carbonyl (C=O) groups is 1. The Labute approximate surface area is 106 Å². The Bertz CT molecular complexity index is 461. The molecule has 6 nitrogen and oxygen atoms in total. The fourth-order valence-electron chi connectivity index (χ4n) is 0.927. The van der Waals surface area contributed by atoms with E-state index >= 15 is 0 Å². The monoisotopic (exact) mass is 302 g/mol. The zero-order valence-corrected chi connectivity index (χ0v) is 11.7. The van der Waals surface area contributed by atoms with Crippen molar-refractivity contribution in [3.63, 3.8) is 0 Å². The maximum Gasteiger partial charge on any atom is 0.345 e. The van der Waals surface area contributed by atoms with Gasteiger partial charge in [-0.2, -0.15) is 8.42 Å². The molecule has 0 aliphatic carbocycles. The average Bonchev–Trinajstić information content (AvgIpc) is 2.24. The quantitative estimate of drug-likeness (QED) is 0.364. The van der Waals surface area contributed by atoms with Crippen molar-refractivity contribution in [3.8, 4) is 0 Å². The number of hydrogen-bond acceptors (Lipinski definition) is 7. The number of sulfone groups is 1. The van der Waals surface area contributed by atoms with Gasteiger partial charge in [-0.1, -0.05) is 19.1 Å². The lowest BCUT2D eigenvalue weighted by atomic mass is 10.2. The summed E-state index contributed by atoms with van der Waals surface area (Å²) in [6, 6.07) is 0. The molecular formula is C8H14O6S3. The van der Waals surface area contributed by atoms with Gasteiger partial charge in [-0.3, -0.25) is 4.79 Å². The summed E-state index contributed by atoms with van der Waals surface area (Å²) < 4.78 is 48.1. The van der Waals surface area contributed by atoms with Gasteiger partial charge in [0.2, 0.25) is 0 Å². The van der Waals surface area contributed by atoms with E-state index in [1.54, 1.807) is 0 Å². The smallest absolute Gasteiger partial charge is 0.342 e. The van der Waals surface area contributed by atoms with E-state index in [4.69, 9.17) is 0 Å². The molecule has 0 aromatic rings. The molecular weight excluding hydrogens is 288 g/mol. The van der Waals surface area contributed by atoms with Gasteiger partial charge in [0.25, 0.3) is 0 Å². The second kappa shape index (κ2) is 7.02. The van der Waals surface area contributed by atoms with Crippen LogP contribution in [-0.2, 0) is 28.9 Å². The Balaban J connectivity index is 3.92. The summed E-state index contributed by atoms with van der Waals surface area (Å²) in [6.07, 6.45) is 0.398. The van der Waals surface area contributed by atoms with Gasteiger partial charge in [0.05, 0.1) is 5.75 Å². The SMILES string of the molecule is CCS(=O)(=O)CCCCC(=O)OS(=O)(=O)C=S. The maximum atomic E-state index is 11.1. The fraction of sp³-hybridized carbons (Fsp3) is 0.750. The van der Waals surface area contributed by atoms with E-state index < -0.39 is 25.9 Å². The molecule has 17 heavy (non-hydrogen) atoms. The molecule has 0 rings (SSSR count). The summed E-state index contributed by atoms with van der Waals surface area (Å²) in [6.45, 7) is 1.54. The van der Waals surface area contributed by atoms with E-state index in [0.29, 0.717) is 11.1 Å². The first-order valence-corrected chi connectivity index (χ1v) is 8.62. The zero-order valence-electron chi connectivity index (χ0n) is 9.29. The van der Waals surface area contributed by atoms with Crippen LogP contribution in [0.1, 0.15) is 26.2 Å². The first-order valence-electron chi connectivity index (χ1n) is 4.85. The van der Waals surface area contributed by atoms with Crippen molar-refractivity contribution in [1.29, 1.82) is 0 Å². The maximum absolute atomic E-state index is 11.1. The van der Waals surface area contributed by atoms with Crippen LogP contribution >= 0.6 is 12.2 Å². The van der Waals surface area contributed by atoms with Gasteiger partial charge in [-0.05, 0) is 12.8 Å². The molecule has 0 radical (unpaired) electrons. The van der Waals surface area contributed by atoms with E-state index in [0.717, 1.165) is 0 Å². The summed E-state index contributed by atoms with van der Waals surface area (Å²) >= 11 is 4.14. The number of unbranched alkanes of at least 4 members (excludes halogenated alkanes) is 1. The molecule has 0 heterocycles. The lowest BCUT2D eigenvalue weighted by molar-refractivity contribution is -0.133. The lowest BCUT2D eigenvalue weighted by Crippen LogP contribution is -2.13. The second-order valence-corrected chi connectivity index (χ2v) is 7.63. The van der Waals surface area contributed by atoms with Crippen LogP contribution < -0.4 is 0 Å². The Hall–Kier alpha value is -0.540. The number of carbonyl (C=O) groups excluding carboxylic acids is 1. The molecule has 0 saturated heterocycles. The van der Waals surface area contributed by atoms with Crippen molar-refractivity contribution in [2.24, 2.45) is 0 Å². The van der Waals surface area contributed by atoms with E-state index in [-0.39, 0.29) is 24.3 Å². The van der Waals surface area contributed by atoms with Gasteiger partial charge < -0.3 is 4.18 Å². The highest BCUT2D eigenvalue weighted by Gasteiger charge is 2.14. The van der Waals surface area contributed by atoms with Crippen molar-refractivity contribution in [1.82, 2.24) is 0 Å². The minimum atomic E-state index is -4.07. The molecule has 0 aromatic heterocycles. The summed E-state index contributed by atoms with van der Waals surface area (Å²) in [5, 5.41) is 0. The zero-order chi connectivity index (χ0) is 13.5. The molecule has 9 heteroatoms. The summed E-state index contributed by atoms with van der Waals surface area (Å²) in [5.74, 6) is -0.895. The van der Waals surface area contributed by atoms with Gasteiger partial charge in [0.15, 0.2) is 0 Å². The Morgan fingerprint density at radius 2 is 1.82 bits per heavy atom. The molecule has 0 aliphatic rings. The van der Waals surface area contributed by atoms with E-state index in [1.165, 1.54) is 6.92 Å². The summed E-state index contributed by atoms with van der Waals surface area (Å²) in [4.78, 5) is 11.0. The third-order valence-corrected chi connectivity index (χ3v) is 5.00. The van der Waals surface area contributed by atoms with Crippen molar-refractivity contribution >= 4 is 42.8 Å².